The minimum absolute atomic E-state index is 0.0976. The lowest BCUT2D eigenvalue weighted by Crippen LogP contribution is -2.32. The zero-order valence-corrected chi connectivity index (χ0v) is 13.6. The van der Waals surface area contributed by atoms with E-state index < -0.39 is 0 Å². The van der Waals surface area contributed by atoms with Gasteiger partial charge in [-0.05, 0) is 36.6 Å². The van der Waals surface area contributed by atoms with Gasteiger partial charge in [0, 0.05) is 23.7 Å². The summed E-state index contributed by atoms with van der Waals surface area (Å²) < 4.78 is 0. The van der Waals surface area contributed by atoms with Gasteiger partial charge in [-0.1, -0.05) is 49.2 Å². The van der Waals surface area contributed by atoms with Crippen molar-refractivity contribution >= 4 is 11.8 Å². The van der Waals surface area contributed by atoms with E-state index in [1.165, 1.54) is 12.8 Å². The topological polar surface area (TPSA) is 58.2 Å². The van der Waals surface area contributed by atoms with Crippen molar-refractivity contribution in [3.05, 3.63) is 71.3 Å². The number of nitrogens with one attached hydrogen (secondary N) is 2. The minimum Gasteiger partial charge on any atom is -0.349 e. The van der Waals surface area contributed by atoms with E-state index in [-0.39, 0.29) is 17.9 Å². The van der Waals surface area contributed by atoms with Crippen molar-refractivity contribution in [3.63, 3.8) is 0 Å². The maximum atomic E-state index is 12.3. The van der Waals surface area contributed by atoms with E-state index in [1.54, 1.807) is 24.3 Å². The lowest BCUT2D eigenvalue weighted by Gasteiger charge is -2.12. The fourth-order valence-corrected chi connectivity index (χ4v) is 3.02. The monoisotopic (exact) mass is 322 g/mol. The van der Waals surface area contributed by atoms with Gasteiger partial charge < -0.3 is 10.6 Å². The molecule has 2 aromatic carbocycles. The van der Waals surface area contributed by atoms with Gasteiger partial charge in [0.15, 0.2) is 0 Å². The van der Waals surface area contributed by atoms with E-state index in [9.17, 15) is 9.59 Å². The Kier molecular flexibility index (Phi) is 5.26. The zero-order valence-electron chi connectivity index (χ0n) is 13.6. The molecule has 2 amide bonds. The lowest BCUT2D eigenvalue weighted by molar-refractivity contribution is 0.0938. The first-order valence-electron chi connectivity index (χ1n) is 8.45. The summed E-state index contributed by atoms with van der Waals surface area (Å²) >= 11 is 0. The van der Waals surface area contributed by atoms with Gasteiger partial charge in [0.05, 0.1) is 0 Å². The van der Waals surface area contributed by atoms with Crippen molar-refractivity contribution in [1.82, 2.24) is 10.6 Å². The first-order chi connectivity index (χ1) is 11.7. The maximum absolute atomic E-state index is 12.3. The fraction of sp³-hybridized carbons (Fsp3) is 0.300. The number of carbonyl (C=O) groups is 2. The predicted octanol–water partition coefficient (Wildman–Crippen LogP) is 3.29. The molecule has 1 aliphatic carbocycles. The molecule has 0 bridgehead atoms. The molecule has 1 fully saturated rings. The molecule has 2 aromatic rings. The smallest absolute Gasteiger partial charge is 0.251 e. The summed E-state index contributed by atoms with van der Waals surface area (Å²) in [5, 5.41) is 5.93. The summed E-state index contributed by atoms with van der Waals surface area (Å²) in [7, 11) is 0. The van der Waals surface area contributed by atoms with Crippen LogP contribution in [0.1, 0.15) is 52.0 Å². The van der Waals surface area contributed by atoms with Gasteiger partial charge >= 0.3 is 0 Å². The van der Waals surface area contributed by atoms with E-state index in [2.05, 4.69) is 10.6 Å². The molecule has 0 spiro atoms. The first-order valence-corrected chi connectivity index (χ1v) is 8.45. The third-order valence-electron chi connectivity index (χ3n) is 4.37. The van der Waals surface area contributed by atoms with Crippen molar-refractivity contribution in [2.24, 2.45) is 0 Å². The molecule has 4 nitrogen and oxygen atoms in total. The molecule has 0 unspecified atom stereocenters. The standard InChI is InChI=1S/C20H22N2O2/c23-19(21-14-15-7-2-1-3-8-15)16-9-6-10-17(13-16)20(24)22-18-11-4-5-12-18/h1-3,6-10,13,18H,4-5,11-12,14H2,(H,21,23)(H,22,24). The Labute approximate surface area is 142 Å². The highest BCUT2D eigenvalue weighted by Crippen LogP contribution is 2.18. The van der Waals surface area contributed by atoms with Gasteiger partial charge in [0.2, 0.25) is 0 Å². The van der Waals surface area contributed by atoms with Crippen molar-refractivity contribution in [3.8, 4) is 0 Å². The largest absolute Gasteiger partial charge is 0.349 e. The number of benzene rings is 2. The van der Waals surface area contributed by atoms with Crippen LogP contribution in [0.25, 0.3) is 0 Å². The van der Waals surface area contributed by atoms with Crippen LogP contribution in [0.15, 0.2) is 54.6 Å². The van der Waals surface area contributed by atoms with Gasteiger partial charge in [0.1, 0.15) is 0 Å². The Bertz CT molecular complexity index is 707. The van der Waals surface area contributed by atoms with Crippen LogP contribution in [0.3, 0.4) is 0 Å². The normalized spacial score (nSPS) is 14.3. The molecular weight excluding hydrogens is 300 g/mol. The van der Waals surface area contributed by atoms with Crippen LogP contribution in [0.4, 0.5) is 0 Å². The second-order valence-corrected chi connectivity index (χ2v) is 6.20. The second kappa shape index (κ2) is 7.77. The van der Waals surface area contributed by atoms with E-state index >= 15 is 0 Å². The Morgan fingerprint density at radius 3 is 2.25 bits per heavy atom. The van der Waals surface area contributed by atoms with Crippen molar-refractivity contribution in [2.45, 2.75) is 38.3 Å². The molecule has 0 atom stereocenters. The van der Waals surface area contributed by atoms with E-state index in [0.717, 1.165) is 18.4 Å². The molecule has 4 heteroatoms. The molecule has 124 valence electrons. The Balaban J connectivity index is 1.61. The summed E-state index contributed by atoms with van der Waals surface area (Å²) in [6.07, 6.45) is 4.44. The Morgan fingerprint density at radius 2 is 1.54 bits per heavy atom. The quantitative estimate of drug-likeness (QED) is 0.887. The average molecular weight is 322 g/mol. The average Bonchev–Trinajstić information content (AvgIpc) is 3.13. The Hall–Kier alpha value is -2.62. The molecule has 0 radical (unpaired) electrons. The van der Waals surface area contributed by atoms with Gasteiger partial charge in [-0.25, -0.2) is 0 Å². The van der Waals surface area contributed by atoms with Gasteiger partial charge in [-0.2, -0.15) is 0 Å². The van der Waals surface area contributed by atoms with Gasteiger partial charge in [-0.15, -0.1) is 0 Å². The van der Waals surface area contributed by atoms with Crippen molar-refractivity contribution < 1.29 is 9.59 Å². The molecule has 1 aliphatic rings. The highest BCUT2D eigenvalue weighted by Gasteiger charge is 2.18. The van der Waals surface area contributed by atoms with Crippen molar-refractivity contribution in [2.75, 3.05) is 0 Å². The van der Waals surface area contributed by atoms with Crippen LogP contribution in [0.2, 0.25) is 0 Å². The zero-order chi connectivity index (χ0) is 16.8. The van der Waals surface area contributed by atoms with Crippen molar-refractivity contribution in [1.29, 1.82) is 0 Å². The number of amides is 2. The summed E-state index contributed by atoms with van der Waals surface area (Å²) in [6.45, 7) is 0.470. The van der Waals surface area contributed by atoms with Crippen LogP contribution in [0, 0.1) is 0 Å². The highest BCUT2D eigenvalue weighted by atomic mass is 16.2. The fourth-order valence-electron chi connectivity index (χ4n) is 3.02. The first kappa shape index (κ1) is 16.2. The molecule has 1 saturated carbocycles. The summed E-state index contributed by atoms with van der Waals surface area (Å²) in [5.74, 6) is -0.269. The number of hydrogen-bond donors (Lipinski definition) is 2. The highest BCUT2D eigenvalue weighted by molar-refractivity contribution is 5.99. The molecule has 0 saturated heterocycles. The van der Waals surface area contributed by atoms with E-state index in [0.29, 0.717) is 17.7 Å². The summed E-state index contributed by atoms with van der Waals surface area (Å²) in [6, 6.07) is 16.9. The second-order valence-electron chi connectivity index (χ2n) is 6.20. The summed E-state index contributed by atoms with van der Waals surface area (Å²) in [5.41, 5.74) is 2.08. The molecular formula is C20H22N2O2. The summed E-state index contributed by atoms with van der Waals surface area (Å²) in [4.78, 5) is 24.6. The van der Waals surface area contributed by atoms with Gasteiger partial charge in [-0.3, -0.25) is 9.59 Å². The lowest BCUT2D eigenvalue weighted by atomic mass is 10.1. The number of carbonyl (C=O) groups excluding carboxylic acids is 2. The third-order valence-corrected chi connectivity index (χ3v) is 4.37. The Morgan fingerprint density at radius 1 is 0.875 bits per heavy atom. The number of hydrogen-bond acceptors (Lipinski definition) is 2. The van der Waals surface area contributed by atoms with Crippen LogP contribution in [0.5, 0.6) is 0 Å². The van der Waals surface area contributed by atoms with Crippen LogP contribution >= 0.6 is 0 Å². The minimum atomic E-state index is -0.172. The van der Waals surface area contributed by atoms with E-state index in [1.807, 2.05) is 30.3 Å². The third kappa shape index (κ3) is 4.22. The molecule has 0 heterocycles. The van der Waals surface area contributed by atoms with Crippen LogP contribution < -0.4 is 10.6 Å². The molecule has 3 rings (SSSR count). The van der Waals surface area contributed by atoms with Crippen LogP contribution in [-0.2, 0) is 6.54 Å². The van der Waals surface area contributed by atoms with Crippen LogP contribution in [-0.4, -0.2) is 17.9 Å². The molecule has 2 N–H and O–H groups in total. The van der Waals surface area contributed by atoms with E-state index in [4.69, 9.17) is 0 Å². The van der Waals surface area contributed by atoms with Gasteiger partial charge in [0.25, 0.3) is 11.8 Å². The predicted molar refractivity (Wildman–Crippen MR) is 93.8 cm³/mol. The number of rotatable bonds is 5. The molecule has 0 aliphatic heterocycles. The molecule has 24 heavy (non-hydrogen) atoms. The SMILES string of the molecule is O=C(NCc1ccccc1)c1cccc(C(=O)NC2CCCC2)c1. The maximum Gasteiger partial charge on any atom is 0.251 e. The molecule has 0 aromatic heterocycles.